The summed E-state index contributed by atoms with van der Waals surface area (Å²) in [5.41, 5.74) is 0. The van der Waals surface area contributed by atoms with Gasteiger partial charge in [-0.2, -0.15) is 0 Å². The Hall–Kier alpha value is -0.860. The number of carbonyl (C=O) groups is 1. The fourth-order valence-electron chi connectivity index (χ4n) is 1.82. The molecular formula is C14H26NO2. The Morgan fingerprint density at radius 1 is 0.941 bits per heavy atom. The van der Waals surface area contributed by atoms with Crippen LogP contribution in [0.25, 0.3) is 0 Å². The number of rotatable bonds is 12. The molecule has 0 saturated heterocycles. The lowest BCUT2D eigenvalue weighted by atomic mass is 10.1. The third-order valence-corrected chi connectivity index (χ3v) is 2.87. The average Bonchev–Trinajstić information content (AvgIpc) is 2.34. The van der Waals surface area contributed by atoms with E-state index < -0.39 is 0 Å². The van der Waals surface area contributed by atoms with Crippen LogP contribution in [-0.2, 0) is 9.59 Å². The van der Waals surface area contributed by atoms with Crippen molar-refractivity contribution in [2.24, 2.45) is 0 Å². The van der Waals surface area contributed by atoms with E-state index >= 15 is 0 Å². The van der Waals surface area contributed by atoms with Crippen molar-refractivity contribution in [2.45, 2.75) is 71.1 Å². The van der Waals surface area contributed by atoms with Gasteiger partial charge in [-0.05, 0) is 6.42 Å². The number of amides is 1. The van der Waals surface area contributed by atoms with Crippen molar-refractivity contribution in [3.8, 4) is 0 Å². The lowest BCUT2D eigenvalue weighted by molar-refractivity contribution is -0.120. The molecule has 0 bridgehead atoms. The van der Waals surface area contributed by atoms with Crippen molar-refractivity contribution >= 4 is 12.2 Å². The van der Waals surface area contributed by atoms with Gasteiger partial charge in [-0.25, -0.2) is 0 Å². The van der Waals surface area contributed by atoms with Crippen LogP contribution in [0.5, 0.6) is 0 Å². The molecule has 1 N–H and O–H groups in total. The van der Waals surface area contributed by atoms with Gasteiger partial charge in [0, 0.05) is 6.42 Å². The first-order valence-electron chi connectivity index (χ1n) is 6.93. The summed E-state index contributed by atoms with van der Waals surface area (Å²) >= 11 is 0. The molecule has 0 heterocycles. The van der Waals surface area contributed by atoms with E-state index in [9.17, 15) is 9.59 Å². The number of hydrogen-bond acceptors (Lipinski definition) is 2. The van der Waals surface area contributed by atoms with Crippen molar-refractivity contribution in [3.63, 3.8) is 0 Å². The van der Waals surface area contributed by atoms with Gasteiger partial charge in [0.2, 0.25) is 12.2 Å². The summed E-state index contributed by atoms with van der Waals surface area (Å²) in [7, 11) is 0. The number of unbranched alkanes of at least 4 members (excludes halogenated alkanes) is 8. The molecule has 0 saturated carbocycles. The van der Waals surface area contributed by atoms with E-state index in [1.165, 1.54) is 44.9 Å². The molecule has 0 aromatic carbocycles. The van der Waals surface area contributed by atoms with E-state index in [4.69, 9.17) is 0 Å². The third kappa shape index (κ3) is 13.1. The van der Waals surface area contributed by atoms with Gasteiger partial charge in [0.25, 0.3) is 0 Å². The second-order valence-corrected chi connectivity index (χ2v) is 4.50. The van der Waals surface area contributed by atoms with Gasteiger partial charge in [0.1, 0.15) is 0 Å². The Morgan fingerprint density at radius 2 is 1.47 bits per heavy atom. The smallest absolute Gasteiger partial charge is 0.220 e. The summed E-state index contributed by atoms with van der Waals surface area (Å²) in [5, 5.41) is 2.50. The van der Waals surface area contributed by atoms with Gasteiger partial charge in [-0.15, -0.1) is 0 Å². The first-order valence-corrected chi connectivity index (χ1v) is 6.93. The van der Waals surface area contributed by atoms with Crippen LogP contribution >= 0.6 is 0 Å². The van der Waals surface area contributed by atoms with Gasteiger partial charge in [-0.3, -0.25) is 9.59 Å². The summed E-state index contributed by atoms with van der Waals surface area (Å²) in [6.45, 7) is 2.25. The molecule has 0 atom stereocenters. The molecule has 0 aliphatic heterocycles. The summed E-state index contributed by atoms with van der Waals surface area (Å²) in [5.74, 6) is -0.0312. The lowest BCUT2D eigenvalue weighted by Crippen LogP contribution is -2.24. The van der Waals surface area contributed by atoms with Gasteiger partial charge in [0.05, 0.1) is 6.54 Å². The normalized spacial score (nSPS) is 10.2. The number of carbonyl (C=O) groups excluding carboxylic acids is 2. The van der Waals surface area contributed by atoms with Crippen LogP contribution in [0.2, 0.25) is 0 Å². The van der Waals surface area contributed by atoms with E-state index in [1.54, 1.807) is 6.29 Å². The fraction of sp³-hybridized carbons (Fsp3) is 0.857. The lowest BCUT2D eigenvalue weighted by Gasteiger charge is -2.02. The van der Waals surface area contributed by atoms with Crippen LogP contribution in [0, 0.1) is 0 Å². The summed E-state index contributed by atoms with van der Waals surface area (Å²) < 4.78 is 0. The van der Waals surface area contributed by atoms with E-state index in [0.717, 1.165) is 12.8 Å². The molecule has 99 valence electrons. The molecule has 3 nitrogen and oxygen atoms in total. The first kappa shape index (κ1) is 16.1. The van der Waals surface area contributed by atoms with Crippen LogP contribution in [0.15, 0.2) is 0 Å². The Bertz CT molecular complexity index is 193. The maximum absolute atomic E-state index is 11.1. The van der Waals surface area contributed by atoms with Gasteiger partial charge >= 0.3 is 0 Å². The fourth-order valence-corrected chi connectivity index (χ4v) is 1.82. The largest absolute Gasteiger partial charge is 0.349 e. The van der Waals surface area contributed by atoms with Crippen LogP contribution < -0.4 is 5.32 Å². The zero-order valence-corrected chi connectivity index (χ0v) is 11.1. The molecule has 0 fully saturated rings. The Morgan fingerprint density at radius 3 is 2.00 bits per heavy atom. The van der Waals surface area contributed by atoms with Crippen LogP contribution in [-0.4, -0.2) is 18.7 Å². The molecule has 0 spiro atoms. The third-order valence-electron chi connectivity index (χ3n) is 2.87. The van der Waals surface area contributed by atoms with E-state index in [0.29, 0.717) is 6.42 Å². The molecule has 17 heavy (non-hydrogen) atoms. The maximum Gasteiger partial charge on any atom is 0.220 e. The SMILES string of the molecule is CCCCCCCCCCCC(=O)NC[C]=O. The average molecular weight is 240 g/mol. The summed E-state index contributed by atoms with van der Waals surface area (Å²) in [6.07, 6.45) is 13.4. The van der Waals surface area contributed by atoms with Gasteiger partial charge in [0.15, 0.2) is 0 Å². The van der Waals surface area contributed by atoms with Crippen molar-refractivity contribution in [2.75, 3.05) is 6.54 Å². The topological polar surface area (TPSA) is 46.2 Å². The Balaban J connectivity index is 3.07. The number of hydrogen-bond donors (Lipinski definition) is 1. The second-order valence-electron chi connectivity index (χ2n) is 4.50. The minimum atomic E-state index is -0.0312. The zero-order chi connectivity index (χ0) is 12.8. The van der Waals surface area contributed by atoms with Crippen molar-refractivity contribution in [1.29, 1.82) is 0 Å². The molecule has 1 amide bonds. The van der Waals surface area contributed by atoms with Crippen LogP contribution in [0.4, 0.5) is 0 Å². The van der Waals surface area contributed by atoms with Crippen LogP contribution in [0.3, 0.4) is 0 Å². The molecule has 0 aliphatic carbocycles. The van der Waals surface area contributed by atoms with E-state index in [1.807, 2.05) is 0 Å². The van der Waals surface area contributed by atoms with Crippen molar-refractivity contribution < 1.29 is 9.59 Å². The molecular weight excluding hydrogens is 214 g/mol. The molecule has 3 heteroatoms. The molecule has 0 aromatic heterocycles. The predicted octanol–water partition coefficient (Wildman–Crippen LogP) is 3.13. The maximum atomic E-state index is 11.1. The van der Waals surface area contributed by atoms with E-state index in [-0.39, 0.29) is 12.5 Å². The molecule has 1 radical (unpaired) electrons. The predicted molar refractivity (Wildman–Crippen MR) is 70.5 cm³/mol. The highest BCUT2D eigenvalue weighted by molar-refractivity contribution is 5.78. The number of nitrogens with one attached hydrogen (secondary N) is 1. The molecule has 0 unspecified atom stereocenters. The van der Waals surface area contributed by atoms with Gasteiger partial charge < -0.3 is 5.32 Å². The zero-order valence-electron chi connectivity index (χ0n) is 11.1. The summed E-state index contributed by atoms with van der Waals surface area (Å²) in [6, 6.07) is 0. The summed E-state index contributed by atoms with van der Waals surface area (Å²) in [4.78, 5) is 21.0. The highest BCUT2D eigenvalue weighted by atomic mass is 16.2. The minimum absolute atomic E-state index is 0.0241. The van der Waals surface area contributed by atoms with Crippen LogP contribution in [0.1, 0.15) is 71.1 Å². The Labute approximate surface area is 105 Å². The van der Waals surface area contributed by atoms with Crippen molar-refractivity contribution in [1.82, 2.24) is 5.32 Å². The molecule has 0 aromatic rings. The quantitative estimate of drug-likeness (QED) is 0.533. The standard InChI is InChI=1S/C14H26NO2/c1-2-3-4-5-6-7-8-9-10-11-14(17)15-12-13-16/h2-12H2,1H3,(H,15,17). The highest BCUT2D eigenvalue weighted by Crippen LogP contribution is 2.10. The van der Waals surface area contributed by atoms with Crippen molar-refractivity contribution in [3.05, 3.63) is 0 Å². The highest BCUT2D eigenvalue weighted by Gasteiger charge is 1.99. The second kappa shape index (κ2) is 13.2. The first-order chi connectivity index (χ1) is 8.31. The molecule has 0 aliphatic rings. The van der Waals surface area contributed by atoms with Gasteiger partial charge in [-0.1, -0.05) is 58.3 Å². The van der Waals surface area contributed by atoms with E-state index in [2.05, 4.69) is 12.2 Å². The monoisotopic (exact) mass is 240 g/mol. The Kier molecular flexibility index (Phi) is 12.5. The minimum Gasteiger partial charge on any atom is -0.349 e. The molecule has 0 rings (SSSR count).